The lowest BCUT2D eigenvalue weighted by atomic mass is 10.1. The standard InChI is InChI=1S/C15H32N2/c1-8-12-17(15(5,6)7)13-10-9-11-16-14(2,3)4/h8,16H,1,9-13H2,2-7H3. The Balaban J connectivity index is 3.80. The van der Waals surface area contributed by atoms with Crippen LogP contribution in [0, 0.1) is 0 Å². The first-order valence-corrected chi connectivity index (χ1v) is 6.78. The molecule has 0 aliphatic carbocycles. The molecule has 0 radical (unpaired) electrons. The first kappa shape index (κ1) is 16.7. The van der Waals surface area contributed by atoms with Gasteiger partial charge in [-0.15, -0.1) is 6.58 Å². The van der Waals surface area contributed by atoms with Gasteiger partial charge < -0.3 is 5.32 Å². The summed E-state index contributed by atoms with van der Waals surface area (Å²) in [5, 5.41) is 3.53. The smallest absolute Gasteiger partial charge is 0.0165 e. The van der Waals surface area contributed by atoms with Gasteiger partial charge in [-0.25, -0.2) is 0 Å². The zero-order valence-corrected chi connectivity index (χ0v) is 12.8. The van der Waals surface area contributed by atoms with Gasteiger partial charge in [0.2, 0.25) is 0 Å². The summed E-state index contributed by atoms with van der Waals surface area (Å²) in [5.41, 5.74) is 0.483. The molecule has 0 rings (SSSR count). The van der Waals surface area contributed by atoms with Crippen molar-refractivity contribution >= 4 is 0 Å². The molecule has 0 heterocycles. The number of hydrogen-bond acceptors (Lipinski definition) is 2. The molecule has 0 amide bonds. The SMILES string of the molecule is C=CCN(CCCCNC(C)(C)C)C(C)(C)C. The van der Waals surface area contributed by atoms with Crippen LogP contribution in [0.2, 0.25) is 0 Å². The van der Waals surface area contributed by atoms with E-state index in [0.717, 1.165) is 19.6 Å². The molecule has 0 saturated heterocycles. The highest BCUT2D eigenvalue weighted by molar-refractivity contribution is 4.82. The summed E-state index contributed by atoms with van der Waals surface area (Å²) in [4.78, 5) is 2.48. The second-order valence-electron chi connectivity index (χ2n) is 6.79. The van der Waals surface area contributed by atoms with Gasteiger partial charge in [0.05, 0.1) is 0 Å². The Morgan fingerprint density at radius 3 is 2.06 bits per heavy atom. The molecule has 102 valence electrons. The van der Waals surface area contributed by atoms with Crippen molar-refractivity contribution in [2.45, 2.75) is 65.5 Å². The summed E-state index contributed by atoms with van der Waals surface area (Å²) in [7, 11) is 0. The Morgan fingerprint density at radius 1 is 1.06 bits per heavy atom. The molecule has 0 atom stereocenters. The first-order valence-electron chi connectivity index (χ1n) is 6.78. The molecule has 0 aliphatic heterocycles. The van der Waals surface area contributed by atoms with Gasteiger partial charge in [0, 0.05) is 17.6 Å². The Kier molecular flexibility index (Phi) is 7.03. The van der Waals surface area contributed by atoms with Crippen LogP contribution in [0.4, 0.5) is 0 Å². The van der Waals surface area contributed by atoms with Crippen molar-refractivity contribution in [3.63, 3.8) is 0 Å². The highest BCUT2D eigenvalue weighted by Gasteiger charge is 2.19. The van der Waals surface area contributed by atoms with E-state index in [-0.39, 0.29) is 11.1 Å². The highest BCUT2D eigenvalue weighted by atomic mass is 15.2. The molecule has 17 heavy (non-hydrogen) atoms. The molecule has 0 spiro atoms. The van der Waals surface area contributed by atoms with Crippen LogP contribution in [-0.2, 0) is 0 Å². The monoisotopic (exact) mass is 240 g/mol. The highest BCUT2D eigenvalue weighted by Crippen LogP contribution is 2.13. The number of rotatable bonds is 7. The Labute approximate surface area is 108 Å². The quantitative estimate of drug-likeness (QED) is 0.542. The Hall–Kier alpha value is -0.340. The predicted molar refractivity (Wildman–Crippen MR) is 78.5 cm³/mol. The van der Waals surface area contributed by atoms with Crippen LogP contribution in [-0.4, -0.2) is 35.6 Å². The van der Waals surface area contributed by atoms with Crippen molar-refractivity contribution in [1.29, 1.82) is 0 Å². The minimum atomic E-state index is 0.241. The van der Waals surface area contributed by atoms with Crippen LogP contribution in [0.3, 0.4) is 0 Å². The van der Waals surface area contributed by atoms with E-state index in [2.05, 4.69) is 58.3 Å². The maximum absolute atomic E-state index is 3.84. The zero-order chi connectivity index (χ0) is 13.5. The zero-order valence-electron chi connectivity index (χ0n) is 12.8. The van der Waals surface area contributed by atoms with Crippen LogP contribution in [0.25, 0.3) is 0 Å². The molecule has 2 nitrogen and oxygen atoms in total. The largest absolute Gasteiger partial charge is 0.312 e. The van der Waals surface area contributed by atoms with Crippen LogP contribution in [0.1, 0.15) is 54.4 Å². The summed E-state index contributed by atoms with van der Waals surface area (Å²) >= 11 is 0. The van der Waals surface area contributed by atoms with Crippen molar-refractivity contribution in [3.05, 3.63) is 12.7 Å². The van der Waals surface area contributed by atoms with E-state index < -0.39 is 0 Å². The number of nitrogens with zero attached hydrogens (tertiary/aromatic N) is 1. The molecule has 0 aromatic heterocycles. The van der Waals surface area contributed by atoms with E-state index in [9.17, 15) is 0 Å². The number of nitrogens with one attached hydrogen (secondary N) is 1. The van der Waals surface area contributed by atoms with E-state index >= 15 is 0 Å². The van der Waals surface area contributed by atoms with Gasteiger partial charge in [-0.05, 0) is 67.5 Å². The molecule has 0 bridgehead atoms. The molecule has 0 aromatic rings. The average molecular weight is 240 g/mol. The first-order chi connectivity index (χ1) is 7.67. The molecule has 0 fully saturated rings. The lowest BCUT2D eigenvalue weighted by Gasteiger charge is -2.35. The minimum Gasteiger partial charge on any atom is -0.312 e. The van der Waals surface area contributed by atoms with Crippen molar-refractivity contribution < 1.29 is 0 Å². The molecule has 0 aliphatic rings. The van der Waals surface area contributed by atoms with Gasteiger partial charge in [0.15, 0.2) is 0 Å². The Bertz CT molecular complexity index is 208. The maximum Gasteiger partial charge on any atom is 0.0165 e. The Morgan fingerprint density at radius 2 is 1.65 bits per heavy atom. The summed E-state index contributed by atoms with van der Waals surface area (Å²) in [5.74, 6) is 0. The molecule has 0 saturated carbocycles. The van der Waals surface area contributed by atoms with Gasteiger partial charge in [-0.1, -0.05) is 6.08 Å². The predicted octanol–water partition coefficient (Wildman–Crippen LogP) is 3.44. The van der Waals surface area contributed by atoms with E-state index in [1.54, 1.807) is 0 Å². The fourth-order valence-electron chi connectivity index (χ4n) is 1.75. The van der Waals surface area contributed by atoms with E-state index in [1.165, 1.54) is 12.8 Å². The van der Waals surface area contributed by atoms with Gasteiger partial charge in [-0.3, -0.25) is 4.90 Å². The normalized spacial score (nSPS) is 13.1. The average Bonchev–Trinajstić information content (AvgIpc) is 2.12. The van der Waals surface area contributed by atoms with Crippen LogP contribution in [0.15, 0.2) is 12.7 Å². The molecule has 0 unspecified atom stereocenters. The van der Waals surface area contributed by atoms with Crippen molar-refractivity contribution in [2.75, 3.05) is 19.6 Å². The van der Waals surface area contributed by atoms with E-state index in [1.807, 2.05) is 6.08 Å². The molecular weight excluding hydrogens is 208 g/mol. The fourth-order valence-corrected chi connectivity index (χ4v) is 1.75. The number of hydrogen-bond donors (Lipinski definition) is 1. The maximum atomic E-state index is 3.84. The van der Waals surface area contributed by atoms with Gasteiger partial charge in [0.25, 0.3) is 0 Å². The van der Waals surface area contributed by atoms with Crippen LogP contribution < -0.4 is 5.32 Å². The van der Waals surface area contributed by atoms with Crippen molar-refractivity contribution in [2.24, 2.45) is 0 Å². The minimum absolute atomic E-state index is 0.241. The second kappa shape index (κ2) is 7.17. The lowest BCUT2D eigenvalue weighted by molar-refractivity contribution is 0.151. The van der Waals surface area contributed by atoms with Crippen LogP contribution >= 0.6 is 0 Å². The fraction of sp³-hybridized carbons (Fsp3) is 0.867. The third kappa shape index (κ3) is 9.37. The molecule has 0 aromatic carbocycles. The van der Waals surface area contributed by atoms with E-state index in [0.29, 0.717) is 0 Å². The van der Waals surface area contributed by atoms with E-state index in [4.69, 9.17) is 0 Å². The summed E-state index contributed by atoms with van der Waals surface area (Å²) in [6.45, 7) is 20.5. The van der Waals surface area contributed by atoms with Crippen molar-refractivity contribution in [1.82, 2.24) is 10.2 Å². The molecule has 2 heteroatoms. The van der Waals surface area contributed by atoms with Gasteiger partial charge in [-0.2, -0.15) is 0 Å². The van der Waals surface area contributed by atoms with Crippen molar-refractivity contribution in [3.8, 4) is 0 Å². The third-order valence-corrected chi connectivity index (χ3v) is 2.81. The summed E-state index contributed by atoms with van der Waals surface area (Å²) < 4.78 is 0. The lowest BCUT2D eigenvalue weighted by Crippen LogP contribution is -2.42. The topological polar surface area (TPSA) is 15.3 Å². The van der Waals surface area contributed by atoms with Crippen LogP contribution in [0.5, 0.6) is 0 Å². The van der Waals surface area contributed by atoms with Gasteiger partial charge in [0.1, 0.15) is 0 Å². The molecule has 1 N–H and O–H groups in total. The summed E-state index contributed by atoms with van der Waals surface area (Å²) in [6, 6.07) is 0. The molecular formula is C15H32N2. The second-order valence-corrected chi connectivity index (χ2v) is 6.79. The number of unbranched alkanes of at least 4 members (excludes halogenated alkanes) is 1. The third-order valence-electron chi connectivity index (χ3n) is 2.81. The van der Waals surface area contributed by atoms with Gasteiger partial charge >= 0.3 is 0 Å². The summed E-state index contributed by atoms with van der Waals surface area (Å²) in [6.07, 6.45) is 4.48.